The van der Waals surface area contributed by atoms with E-state index in [1.807, 2.05) is 47.9 Å². The molecule has 10 nitrogen and oxygen atoms in total. The third-order valence-electron chi connectivity index (χ3n) is 9.57. The number of aryl methyl sites for hydroxylation is 1. The Labute approximate surface area is 284 Å². The average Bonchev–Trinajstić information content (AvgIpc) is 3.04. The Hall–Kier alpha value is -4.84. The summed E-state index contributed by atoms with van der Waals surface area (Å²) >= 11 is 0. The normalized spacial score (nSPS) is 17.6. The van der Waals surface area contributed by atoms with Crippen molar-refractivity contribution in [2.75, 3.05) is 56.6 Å². The fourth-order valence-electron chi connectivity index (χ4n) is 7.26. The van der Waals surface area contributed by atoms with E-state index in [1.54, 1.807) is 11.1 Å². The van der Waals surface area contributed by atoms with E-state index in [9.17, 15) is 9.90 Å². The van der Waals surface area contributed by atoms with Crippen LogP contribution in [0.3, 0.4) is 0 Å². The van der Waals surface area contributed by atoms with Crippen LogP contribution >= 0.6 is 0 Å². The van der Waals surface area contributed by atoms with Gasteiger partial charge in [-0.15, -0.1) is 0 Å². The molecule has 0 spiro atoms. The number of amides is 1. The van der Waals surface area contributed by atoms with Gasteiger partial charge in [-0.3, -0.25) is 19.1 Å². The fourth-order valence-corrected chi connectivity index (χ4v) is 7.26. The summed E-state index contributed by atoms with van der Waals surface area (Å²) in [5.41, 5.74) is 1.85. The molecule has 3 aromatic heterocycles. The predicted octanol–water partition coefficient (Wildman–Crippen LogP) is 5.23. The van der Waals surface area contributed by atoms with Gasteiger partial charge >= 0.3 is 0 Å². The maximum atomic E-state index is 16.4. The van der Waals surface area contributed by atoms with Gasteiger partial charge in [0.2, 0.25) is 5.91 Å². The van der Waals surface area contributed by atoms with Crippen molar-refractivity contribution in [3.8, 4) is 22.7 Å². The fraction of sp³-hybridized carbons (Fsp3) is 0.405. The Morgan fingerprint density at radius 3 is 2.55 bits per heavy atom. The van der Waals surface area contributed by atoms with Gasteiger partial charge in [0.05, 0.1) is 28.7 Å². The van der Waals surface area contributed by atoms with E-state index in [0.717, 1.165) is 24.6 Å². The quantitative estimate of drug-likeness (QED) is 0.255. The van der Waals surface area contributed by atoms with Gasteiger partial charge < -0.3 is 24.7 Å². The van der Waals surface area contributed by atoms with Gasteiger partial charge in [0.1, 0.15) is 22.9 Å². The first-order valence-corrected chi connectivity index (χ1v) is 16.7. The molecular weight excluding hydrogens is 628 g/mol. The number of piperazine rings is 1. The summed E-state index contributed by atoms with van der Waals surface area (Å²) in [6.45, 7) is 14.1. The summed E-state index contributed by atoms with van der Waals surface area (Å²) < 4.78 is 33.2. The number of nitrogens with zero attached hydrogens (tertiary/aromatic N) is 7. The Bertz CT molecular complexity index is 1990. The van der Waals surface area contributed by atoms with Gasteiger partial charge in [0.25, 0.3) is 5.56 Å². The summed E-state index contributed by atoms with van der Waals surface area (Å²) in [7, 11) is 3.98. The number of phenols is 1. The van der Waals surface area contributed by atoms with E-state index in [2.05, 4.69) is 26.3 Å². The summed E-state index contributed by atoms with van der Waals surface area (Å²) in [6, 6.07) is 6.40. The number of phenolic OH excluding ortho intramolecular Hbond substituents is 1. The van der Waals surface area contributed by atoms with Gasteiger partial charge in [0.15, 0.2) is 11.5 Å². The molecule has 0 aliphatic carbocycles. The number of rotatable bonds is 8. The second-order valence-electron chi connectivity index (χ2n) is 13.6. The number of pyridine rings is 3. The molecule has 1 aromatic carbocycles. The van der Waals surface area contributed by atoms with Crippen LogP contribution in [-0.4, -0.2) is 94.3 Å². The lowest BCUT2D eigenvalue weighted by Gasteiger charge is -2.51. The monoisotopic (exact) mass is 671 g/mol. The van der Waals surface area contributed by atoms with Gasteiger partial charge in [-0.25, -0.2) is 13.8 Å². The molecule has 2 unspecified atom stereocenters. The first-order valence-electron chi connectivity index (χ1n) is 16.7. The van der Waals surface area contributed by atoms with Crippen molar-refractivity contribution in [3.63, 3.8) is 0 Å². The maximum Gasteiger partial charge on any atom is 0.282 e. The lowest BCUT2D eigenvalue weighted by Crippen LogP contribution is -2.64. The van der Waals surface area contributed by atoms with Crippen molar-refractivity contribution in [2.45, 2.75) is 52.1 Å². The van der Waals surface area contributed by atoms with Gasteiger partial charge in [-0.1, -0.05) is 26.5 Å². The number of benzene rings is 1. The number of aromatic hydroxyl groups is 1. The minimum atomic E-state index is -0.845. The number of carbonyl (C=O) groups excluding carboxylic acids is 1. The van der Waals surface area contributed by atoms with Crippen molar-refractivity contribution in [1.29, 1.82) is 0 Å². The zero-order chi connectivity index (χ0) is 35.3. The molecule has 0 bridgehead atoms. The molecule has 2 aliphatic heterocycles. The van der Waals surface area contributed by atoms with Gasteiger partial charge in [-0.2, -0.15) is 0 Å². The zero-order valence-electron chi connectivity index (χ0n) is 28.9. The Morgan fingerprint density at radius 2 is 1.88 bits per heavy atom. The van der Waals surface area contributed by atoms with Crippen molar-refractivity contribution in [1.82, 2.24) is 24.3 Å². The summed E-state index contributed by atoms with van der Waals surface area (Å²) in [6.07, 6.45) is 3.76. The molecule has 1 saturated heterocycles. The molecule has 1 amide bonds. The molecule has 4 aromatic rings. The maximum absolute atomic E-state index is 16.4. The standard InChI is InChI=1S/C37H43F2N7O3/c1-8-29(48)44-20-24-19-43(16-10-15-42(6)7)35-34(45(24)18-23(44)5)25-17-27(39)32(30-26(38)11-9-12-28(30)47)41-36(25)46(37(35)49)33-22(4)13-14-40-31(33)21(2)3/h8-9,11-14,17,21,23-24,47H,1,10,15-16,18-20H2,2-7H3. The van der Waals surface area contributed by atoms with Crippen molar-refractivity contribution < 1.29 is 18.7 Å². The Balaban J connectivity index is 1.72. The molecule has 49 heavy (non-hydrogen) atoms. The first-order chi connectivity index (χ1) is 23.3. The molecule has 1 fully saturated rings. The highest BCUT2D eigenvalue weighted by molar-refractivity contribution is 6.00. The Morgan fingerprint density at radius 1 is 1.12 bits per heavy atom. The van der Waals surface area contributed by atoms with Gasteiger partial charge in [0, 0.05) is 43.8 Å². The predicted molar refractivity (Wildman–Crippen MR) is 189 cm³/mol. The summed E-state index contributed by atoms with van der Waals surface area (Å²) in [5, 5.41) is 11.0. The molecule has 2 aliphatic rings. The van der Waals surface area contributed by atoms with Crippen LogP contribution in [0.15, 0.2) is 54.0 Å². The second kappa shape index (κ2) is 13.2. The zero-order valence-corrected chi connectivity index (χ0v) is 28.9. The highest BCUT2D eigenvalue weighted by Crippen LogP contribution is 2.44. The minimum absolute atomic E-state index is 0.0830. The van der Waals surface area contributed by atoms with Crippen LogP contribution in [0.4, 0.5) is 20.2 Å². The van der Waals surface area contributed by atoms with Crippen molar-refractivity contribution >= 4 is 28.3 Å². The second-order valence-corrected chi connectivity index (χ2v) is 13.6. The molecule has 0 radical (unpaired) electrons. The molecule has 258 valence electrons. The number of hydrogen-bond acceptors (Lipinski definition) is 8. The molecule has 1 N–H and O–H groups in total. The van der Waals surface area contributed by atoms with Crippen LogP contribution in [0.25, 0.3) is 28.0 Å². The van der Waals surface area contributed by atoms with E-state index in [0.29, 0.717) is 54.3 Å². The third kappa shape index (κ3) is 5.92. The van der Waals surface area contributed by atoms with E-state index in [4.69, 9.17) is 4.98 Å². The molecule has 6 rings (SSSR count). The van der Waals surface area contributed by atoms with Gasteiger partial charge in [-0.05, 0) is 82.7 Å². The largest absolute Gasteiger partial charge is 0.507 e. The average molecular weight is 672 g/mol. The van der Waals surface area contributed by atoms with E-state index in [-0.39, 0.29) is 40.7 Å². The summed E-state index contributed by atoms with van der Waals surface area (Å²) in [4.78, 5) is 45.5. The van der Waals surface area contributed by atoms with Crippen molar-refractivity contribution in [3.05, 3.63) is 82.4 Å². The molecular formula is C37H43F2N7O3. The lowest BCUT2D eigenvalue weighted by atomic mass is 9.98. The number of aromatic nitrogens is 3. The van der Waals surface area contributed by atoms with Crippen LogP contribution in [0.2, 0.25) is 0 Å². The molecule has 2 atom stereocenters. The molecule has 12 heteroatoms. The third-order valence-corrected chi connectivity index (χ3v) is 9.57. The number of anilines is 2. The highest BCUT2D eigenvalue weighted by Gasteiger charge is 2.42. The topological polar surface area (TPSA) is 98.0 Å². The van der Waals surface area contributed by atoms with Crippen LogP contribution in [-0.2, 0) is 4.79 Å². The van der Waals surface area contributed by atoms with Crippen LogP contribution in [0.1, 0.15) is 44.4 Å². The molecule has 0 saturated carbocycles. The number of hydrogen-bond donors (Lipinski definition) is 1. The first kappa shape index (κ1) is 34.0. The van der Waals surface area contributed by atoms with Crippen LogP contribution in [0.5, 0.6) is 5.75 Å². The smallest absolute Gasteiger partial charge is 0.282 e. The number of halogens is 2. The highest BCUT2D eigenvalue weighted by atomic mass is 19.1. The van der Waals surface area contributed by atoms with Crippen molar-refractivity contribution in [2.24, 2.45) is 0 Å². The van der Waals surface area contributed by atoms with Crippen LogP contribution in [0, 0.1) is 18.6 Å². The number of fused-ring (bicyclic) bond motifs is 5. The van der Waals surface area contributed by atoms with Crippen LogP contribution < -0.4 is 15.4 Å². The Kier molecular flexibility index (Phi) is 9.19. The minimum Gasteiger partial charge on any atom is -0.507 e. The number of carbonyl (C=O) groups is 1. The van der Waals surface area contributed by atoms with E-state index < -0.39 is 23.1 Å². The molecule has 5 heterocycles. The van der Waals surface area contributed by atoms with E-state index in [1.165, 1.54) is 28.8 Å². The van der Waals surface area contributed by atoms with E-state index >= 15 is 13.6 Å². The SMILES string of the molecule is C=CC(=O)N1CC2CN(CCCN(C)C)c3c(c4cc(F)c(-c5c(O)cccc5F)nc4n(-c4c(C)ccnc4C(C)C)c3=O)N2CC1C. The lowest BCUT2D eigenvalue weighted by molar-refractivity contribution is -0.128. The summed E-state index contributed by atoms with van der Waals surface area (Å²) in [5.74, 6) is -2.42.